The van der Waals surface area contributed by atoms with E-state index in [0.717, 1.165) is 4.90 Å². The summed E-state index contributed by atoms with van der Waals surface area (Å²) in [6.45, 7) is 3.12. The lowest BCUT2D eigenvalue weighted by Gasteiger charge is -2.28. The highest BCUT2D eigenvalue weighted by Crippen LogP contribution is 2.35. The number of benzene rings is 1. The first-order valence-corrected chi connectivity index (χ1v) is 8.63. The zero-order chi connectivity index (χ0) is 19.6. The number of nitrogens with zero attached hydrogens (tertiary/aromatic N) is 2. The van der Waals surface area contributed by atoms with Crippen molar-refractivity contribution in [2.75, 3.05) is 47.1 Å². The Morgan fingerprint density at radius 1 is 1.19 bits per heavy atom. The largest absolute Gasteiger partial charge is 0.493 e. The fraction of sp³-hybridized carbons (Fsp3) is 0.500. The van der Waals surface area contributed by atoms with E-state index in [1.54, 1.807) is 30.0 Å². The molecule has 4 amide bonds. The van der Waals surface area contributed by atoms with Crippen molar-refractivity contribution in [2.45, 2.75) is 12.5 Å². The Kier molecular flexibility index (Phi) is 5.22. The molecule has 2 fully saturated rings. The molecule has 2 heterocycles. The summed E-state index contributed by atoms with van der Waals surface area (Å²) in [6.07, 6.45) is 0. The van der Waals surface area contributed by atoms with Crippen LogP contribution in [-0.4, -0.2) is 74.7 Å². The summed E-state index contributed by atoms with van der Waals surface area (Å²) in [5.74, 6) is 0.196. The van der Waals surface area contributed by atoms with E-state index in [9.17, 15) is 14.4 Å². The normalized spacial score (nSPS) is 22.6. The van der Waals surface area contributed by atoms with E-state index < -0.39 is 17.5 Å². The maximum atomic E-state index is 13.0. The molecule has 0 spiro atoms. The number of carbonyl (C=O) groups is 3. The van der Waals surface area contributed by atoms with Gasteiger partial charge in [0.25, 0.3) is 5.91 Å². The van der Waals surface area contributed by atoms with Gasteiger partial charge in [0.15, 0.2) is 11.5 Å². The molecule has 1 aromatic carbocycles. The molecule has 0 aromatic heterocycles. The van der Waals surface area contributed by atoms with Crippen molar-refractivity contribution in [3.8, 4) is 11.5 Å². The van der Waals surface area contributed by atoms with Crippen molar-refractivity contribution < 1.29 is 28.6 Å². The van der Waals surface area contributed by atoms with E-state index in [1.807, 2.05) is 0 Å². The molecule has 2 aliphatic rings. The molecule has 1 unspecified atom stereocenters. The lowest BCUT2D eigenvalue weighted by Crippen LogP contribution is -2.47. The van der Waals surface area contributed by atoms with Crippen LogP contribution in [0.1, 0.15) is 12.5 Å². The minimum Gasteiger partial charge on any atom is -0.493 e. The van der Waals surface area contributed by atoms with Gasteiger partial charge in [0.2, 0.25) is 5.91 Å². The van der Waals surface area contributed by atoms with E-state index in [2.05, 4.69) is 5.32 Å². The lowest BCUT2D eigenvalue weighted by molar-refractivity contribution is -0.141. The number of amides is 4. The quantitative estimate of drug-likeness (QED) is 0.743. The van der Waals surface area contributed by atoms with Gasteiger partial charge >= 0.3 is 6.03 Å². The van der Waals surface area contributed by atoms with E-state index in [4.69, 9.17) is 14.2 Å². The molecule has 2 aliphatic heterocycles. The van der Waals surface area contributed by atoms with E-state index >= 15 is 0 Å². The molecule has 146 valence electrons. The highest BCUT2D eigenvalue weighted by atomic mass is 16.5. The number of methoxy groups -OCH3 is 2. The summed E-state index contributed by atoms with van der Waals surface area (Å²) in [5.41, 5.74) is -0.748. The molecule has 1 atom stereocenters. The summed E-state index contributed by atoms with van der Waals surface area (Å²) in [5, 5.41) is 2.69. The van der Waals surface area contributed by atoms with Gasteiger partial charge in [-0.3, -0.25) is 14.5 Å². The molecule has 27 heavy (non-hydrogen) atoms. The zero-order valence-electron chi connectivity index (χ0n) is 15.6. The number of carbonyl (C=O) groups excluding carboxylic acids is 3. The van der Waals surface area contributed by atoms with Crippen LogP contribution in [0, 0.1) is 0 Å². The molecule has 2 saturated heterocycles. The third-order valence-corrected chi connectivity index (χ3v) is 4.89. The maximum absolute atomic E-state index is 13.0. The summed E-state index contributed by atoms with van der Waals surface area (Å²) < 4.78 is 15.7. The molecule has 0 aliphatic carbocycles. The van der Waals surface area contributed by atoms with Crippen LogP contribution >= 0.6 is 0 Å². The van der Waals surface area contributed by atoms with Crippen LogP contribution < -0.4 is 14.8 Å². The lowest BCUT2D eigenvalue weighted by atomic mass is 9.91. The number of rotatable bonds is 5. The number of urea groups is 1. The zero-order valence-corrected chi connectivity index (χ0v) is 15.6. The summed E-state index contributed by atoms with van der Waals surface area (Å²) in [4.78, 5) is 40.4. The van der Waals surface area contributed by atoms with Gasteiger partial charge in [-0.25, -0.2) is 4.79 Å². The average molecular weight is 377 g/mol. The second-order valence-electron chi connectivity index (χ2n) is 6.51. The standard InChI is InChI=1S/C18H23N3O6/c1-18(12-4-5-13(25-2)14(10-12)26-3)16(23)21(17(24)19-18)11-15(22)20-6-8-27-9-7-20/h4-5,10H,6-9,11H2,1-3H3,(H,19,24). The van der Waals surface area contributed by atoms with Crippen LogP contribution in [0.3, 0.4) is 0 Å². The molecule has 0 saturated carbocycles. The van der Waals surface area contributed by atoms with Crippen LogP contribution in [0.2, 0.25) is 0 Å². The highest BCUT2D eigenvalue weighted by Gasteiger charge is 2.50. The number of imide groups is 1. The topological polar surface area (TPSA) is 97.4 Å². The fourth-order valence-corrected chi connectivity index (χ4v) is 3.23. The molecule has 9 heteroatoms. The molecular weight excluding hydrogens is 354 g/mol. The van der Waals surface area contributed by atoms with Crippen LogP contribution in [0.5, 0.6) is 11.5 Å². The molecule has 3 rings (SSSR count). The van der Waals surface area contributed by atoms with Gasteiger partial charge in [-0.05, 0) is 24.6 Å². The third-order valence-electron chi connectivity index (χ3n) is 4.89. The van der Waals surface area contributed by atoms with Gasteiger partial charge in [-0.1, -0.05) is 6.07 Å². The first-order valence-electron chi connectivity index (χ1n) is 8.63. The Balaban J connectivity index is 1.81. The Bertz CT molecular complexity index is 761. The maximum Gasteiger partial charge on any atom is 0.325 e. The summed E-state index contributed by atoms with van der Waals surface area (Å²) in [7, 11) is 3.01. The van der Waals surface area contributed by atoms with Gasteiger partial charge in [0.1, 0.15) is 12.1 Å². The molecule has 1 N–H and O–H groups in total. The molecule has 0 bridgehead atoms. The third kappa shape index (κ3) is 3.42. The predicted octanol–water partition coefficient (Wildman–Crippen LogP) is 0.330. The van der Waals surface area contributed by atoms with Gasteiger partial charge in [0, 0.05) is 13.1 Å². The van der Waals surface area contributed by atoms with E-state index in [1.165, 1.54) is 14.2 Å². The second kappa shape index (κ2) is 7.43. The van der Waals surface area contributed by atoms with Gasteiger partial charge < -0.3 is 24.4 Å². The Hall–Kier alpha value is -2.81. The first-order chi connectivity index (χ1) is 12.9. The minimum atomic E-state index is -1.29. The Morgan fingerprint density at radius 3 is 2.48 bits per heavy atom. The van der Waals surface area contributed by atoms with Crippen molar-refractivity contribution >= 4 is 17.8 Å². The number of morpholine rings is 1. The van der Waals surface area contributed by atoms with Crippen molar-refractivity contribution in [3.63, 3.8) is 0 Å². The van der Waals surface area contributed by atoms with Crippen molar-refractivity contribution in [3.05, 3.63) is 23.8 Å². The molecule has 9 nitrogen and oxygen atoms in total. The van der Waals surface area contributed by atoms with Gasteiger partial charge in [0.05, 0.1) is 27.4 Å². The fourth-order valence-electron chi connectivity index (χ4n) is 3.23. The van der Waals surface area contributed by atoms with Crippen LogP contribution in [0.15, 0.2) is 18.2 Å². The highest BCUT2D eigenvalue weighted by molar-refractivity contribution is 6.09. The number of ether oxygens (including phenoxy) is 3. The predicted molar refractivity (Wildman–Crippen MR) is 94.5 cm³/mol. The first kappa shape index (κ1) is 19.0. The van der Waals surface area contributed by atoms with E-state index in [0.29, 0.717) is 43.4 Å². The number of hydrogen-bond donors (Lipinski definition) is 1. The smallest absolute Gasteiger partial charge is 0.325 e. The van der Waals surface area contributed by atoms with Crippen molar-refractivity contribution in [2.24, 2.45) is 0 Å². The SMILES string of the molecule is COc1ccc(C2(C)NC(=O)N(CC(=O)N3CCOCC3)C2=O)cc1OC. The minimum absolute atomic E-state index is 0.279. The van der Waals surface area contributed by atoms with Crippen LogP contribution in [0.25, 0.3) is 0 Å². The summed E-state index contributed by atoms with van der Waals surface area (Å²) in [6, 6.07) is 4.40. The Morgan fingerprint density at radius 2 is 1.85 bits per heavy atom. The summed E-state index contributed by atoms with van der Waals surface area (Å²) >= 11 is 0. The van der Waals surface area contributed by atoms with Crippen LogP contribution in [0.4, 0.5) is 4.79 Å². The van der Waals surface area contributed by atoms with Crippen molar-refractivity contribution in [1.29, 1.82) is 0 Å². The number of nitrogens with one attached hydrogen (secondary N) is 1. The van der Waals surface area contributed by atoms with Gasteiger partial charge in [-0.15, -0.1) is 0 Å². The average Bonchev–Trinajstić information content (AvgIpc) is 2.92. The molecule has 1 aromatic rings. The van der Waals surface area contributed by atoms with Crippen LogP contribution in [-0.2, 0) is 19.9 Å². The van der Waals surface area contributed by atoms with Gasteiger partial charge in [-0.2, -0.15) is 0 Å². The second-order valence-corrected chi connectivity index (χ2v) is 6.51. The van der Waals surface area contributed by atoms with E-state index in [-0.39, 0.29) is 12.5 Å². The number of hydrogen-bond acceptors (Lipinski definition) is 6. The molecule has 0 radical (unpaired) electrons. The Labute approximate surface area is 157 Å². The monoisotopic (exact) mass is 377 g/mol. The molecular formula is C18H23N3O6. The van der Waals surface area contributed by atoms with Crippen molar-refractivity contribution in [1.82, 2.24) is 15.1 Å².